The van der Waals surface area contributed by atoms with Gasteiger partial charge in [-0.1, -0.05) is 0 Å². The fourth-order valence-corrected chi connectivity index (χ4v) is 2.39. The SMILES string of the molecule is O=C(O)C=Cc1cncc(S(=O)(=O)NCc2ncn[nH]2)c1. The van der Waals surface area contributed by atoms with Crippen molar-refractivity contribution in [3.05, 3.63) is 42.3 Å². The zero-order valence-electron chi connectivity index (χ0n) is 10.6. The van der Waals surface area contributed by atoms with Gasteiger partial charge in [-0.15, -0.1) is 0 Å². The second-order valence-electron chi connectivity index (χ2n) is 3.88. The number of pyridine rings is 1. The Morgan fingerprint density at radius 3 is 2.90 bits per heavy atom. The fourth-order valence-electron chi connectivity index (χ4n) is 1.40. The molecular formula is C11H11N5O4S. The molecule has 0 saturated carbocycles. The van der Waals surface area contributed by atoms with Gasteiger partial charge in [0.05, 0.1) is 6.54 Å². The molecule has 0 aliphatic carbocycles. The van der Waals surface area contributed by atoms with Crippen LogP contribution in [0.15, 0.2) is 35.8 Å². The van der Waals surface area contributed by atoms with Crippen molar-refractivity contribution < 1.29 is 18.3 Å². The molecular weight excluding hydrogens is 298 g/mol. The summed E-state index contributed by atoms with van der Waals surface area (Å²) >= 11 is 0. The maximum atomic E-state index is 12.1. The normalized spacial score (nSPS) is 11.8. The van der Waals surface area contributed by atoms with E-state index in [1.54, 1.807) is 0 Å². The van der Waals surface area contributed by atoms with Gasteiger partial charge in [0.2, 0.25) is 10.0 Å². The highest BCUT2D eigenvalue weighted by molar-refractivity contribution is 7.89. The second kappa shape index (κ2) is 6.24. The van der Waals surface area contributed by atoms with Crippen LogP contribution in [-0.2, 0) is 21.4 Å². The van der Waals surface area contributed by atoms with Crippen LogP contribution in [0.25, 0.3) is 6.08 Å². The third kappa shape index (κ3) is 4.19. The average molecular weight is 309 g/mol. The van der Waals surface area contributed by atoms with Crippen LogP contribution in [0.2, 0.25) is 0 Å². The quantitative estimate of drug-likeness (QED) is 0.627. The Labute approximate surface area is 119 Å². The summed E-state index contributed by atoms with van der Waals surface area (Å²) in [7, 11) is -3.78. The molecule has 21 heavy (non-hydrogen) atoms. The standard InChI is InChI=1S/C11H11N5O4S/c17-11(18)2-1-8-3-9(5-12-4-8)21(19,20)15-6-10-13-7-14-16-10/h1-5,7,15H,6H2,(H,17,18)(H,13,14,16). The molecule has 3 N–H and O–H groups in total. The lowest BCUT2D eigenvalue weighted by molar-refractivity contribution is -0.131. The molecule has 0 aliphatic rings. The van der Waals surface area contributed by atoms with E-state index in [-0.39, 0.29) is 11.4 Å². The largest absolute Gasteiger partial charge is 0.478 e. The first-order valence-corrected chi connectivity index (χ1v) is 7.15. The molecule has 0 bridgehead atoms. The van der Waals surface area contributed by atoms with E-state index < -0.39 is 16.0 Å². The molecule has 0 aliphatic heterocycles. The maximum absolute atomic E-state index is 12.1. The lowest BCUT2D eigenvalue weighted by atomic mass is 10.2. The van der Waals surface area contributed by atoms with Crippen molar-refractivity contribution in [3.63, 3.8) is 0 Å². The number of aliphatic carboxylic acids is 1. The first kappa shape index (κ1) is 14.8. The molecule has 10 heteroatoms. The molecule has 9 nitrogen and oxygen atoms in total. The number of nitrogens with one attached hydrogen (secondary N) is 2. The number of carboxylic acid groups (broad SMARTS) is 1. The van der Waals surface area contributed by atoms with Gasteiger partial charge in [-0.2, -0.15) is 5.10 Å². The van der Waals surface area contributed by atoms with E-state index in [2.05, 4.69) is 24.9 Å². The monoisotopic (exact) mass is 309 g/mol. The predicted octanol–water partition coefficient (Wildman–Crippen LogP) is -0.224. The van der Waals surface area contributed by atoms with Gasteiger partial charge in [0, 0.05) is 18.5 Å². The van der Waals surface area contributed by atoms with Gasteiger partial charge >= 0.3 is 5.97 Å². The van der Waals surface area contributed by atoms with Gasteiger partial charge in [0.25, 0.3) is 0 Å². The molecule has 0 spiro atoms. The van der Waals surface area contributed by atoms with Gasteiger partial charge in [-0.25, -0.2) is 22.9 Å². The van der Waals surface area contributed by atoms with Crippen molar-refractivity contribution >= 4 is 22.1 Å². The van der Waals surface area contributed by atoms with Crippen molar-refractivity contribution in [1.29, 1.82) is 0 Å². The summed E-state index contributed by atoms with van der Waals surface area (Å²) in [4.78, 5) is 17.9. The Bertz CT molecular complexity index is 755. The lowest BCUT2D eigenvalue weighted by Gasteiger charge is -2.05. The van der Waals surface area contributed by atoms with Crippen LogP contribution in [-0.4, -0.2) is 39.7 Å². The molecule has 0 unspecified atom stereocenters. The first-order chi connectivity index (χ1) is 9.97. The van der Waals surface area contributed by atoms with Crippen molar-refractivity contribution in [3.8, 4) is 0 Å². The highest BCUT2D eigenvalue weighted by Crippen LogP contribution is 2.11. The molecule has 0 atom stereocenters. The average Bonchev–Trinajstić information content (AvgIpc) is 2.97. The third-order valence-corrected chi connectivity index (χ3v) is 3.73. The minimum Gasteiger partial charge on any atom is -0.478 e. The summed E-state index contributed by atoms with van der Waals surface area (Å²) in [5.74, 6) is -0.764. The highest BCUT2D eigenvalue weighted by Gasteiger charge is 2.15. The van der Waals surface area contributed by atoms with Crippen molar-refractivity contribution in [1.82, 2.24) is 24.9 Å². The summed E-state index contributed by atoms with van der Waals surface area (Å²) in [6.07, 6.45) is 5.94. The topological polar surface area (TPSA) is 138 Å². The second-order valence-corrected chi connectivity index (χ2v) is 5.65. The zero-order chi connectivity index (χ0) is 15.3. The van der Waals surface area contributed by atoms with E-state index in [1.165, 1.54) is 30.9 Å². The van der Waals surface area contributed by atoms with Crippen LogP contribution >= 0.6 is 0 Å². The Hall–Kier alpha value is -2.59. The Morgan fingerprint density at radius 1 is 1.43 bits per heavy atom. The zero-order valence-corrected chi connectivity index (χ0v) is 11.4. The smallest absolute Gasteiger partial charge is 0.328 e. The number of carbonyl (C=O) groups is 1. The summed E-state index contributed by atoms with van der Waals surface area (Å²) in [5, 5.41) is 14.7. The van der Waals surface area contributed by atoms with Crippen LogP contribution in [0.1, 0.15) is 11.4 Å². The van der Waals surface area contributed by atoms with Gasteiger partial charge in [0.15, 0.2) is 0 Å². The molecule has 2 aromatic heterocycles. The summed E-state index contributed by atoms with van der Waals surface area (Å²) in [5.41, 5.74) is 0.361. The van der Waals surface area contributed by atoms with Crippen molar-refractivity contribution in [2.24, 2.45) is 0 Å². The van der Waals surface area contributed by atoms with Gasteiger partial charge in [-0.05, 0) is 17.7 Å². The molecule has 0 saturated heterocycles. The summed E-state index contributed by atoms with van der Waals surface area (Å²) < 4.78 is 26.5. The number of aromatic nitrogens is 4. The van der Waals surface area contributed by atoms with E-state index in [0.717, 1.165) is 6.08 Å². The minimum absolute atomic E-state index is 0.0441. The van der Waals surface area contributed by atoms with Crippen LogP contribution in [0.4, 0.5) is 0 Å². The molecule has 0 fully saturated rings. The lowest BCUT2D eigenvalue weighted by Crippen LogP contribution is -2.24. The Morgan fingerprint density at radius 2 is 2.24 bits per heavy atom. The van der Waals surface area contributed by atoms with Crippen LogP contribution < -0.4 is 4.72 Å². The van der Waals surface area contributed by atoms with E-state index in [9.17, 15) is 13.2 Å². The number of hydrogen-bond acceptors (Lipinski definition) is 6. The highest BCUT2D eigenvalue weighted by atomic mass is 32.2. The van der Waals surface area contributed by atoms with Crippen molar-refractivity contribution in [2.45, 2.75) is 11.4 Å². The van der Waals surface area contributed by atoms with E-state index in [0.29, 0.717) is 11.4 Å². The third-order valence-electron chi connectivity index (χ3n) is 2.36. The van der Waals surface area contributed by atoms with E-state index in [1.807, 2.05) is 0 Å². The maximum Gasteiger partial charge on any atom is 0.328 e. The molecule has 0 amide bonds. The number of nitrogens with zero attached hydrogens (tertiary/aromatic N) is 3. The molecule has 110 valence electrons. The molecule has 2 heterocycles. The number of carboxylic acids is 1. The molecule has 2 rings (SSSR count). The molecule has 2 aromatic rings. The number of hydrogen-bond donors (Lipinski definition) is 3. The number of sulfonamides is 1. The predicted molar refractivity (Wildman–Crippen MR) is 71.3 cm³/mol. The van der Waals surface area contributed by atoms with E-state index in [4.69, 9.17) is 5.11 Å². The van der Waals surface area contributed by atoms with Crippen molar-refractivity contribution in [2.75, 3.05) is 0 Å². The summed E-state index contributed by atoms with van der Waals surface area (Å²) in [6.45, 7) is -0.0441. The van der Waals surface area contributed by atoms with Crippen LogP contribution in [0, 0.1) is 0 Å². The van der Waals surface area contributed by atoms with Gasteiger partial charge < -0.3 is 5.11 Å². The minimum atomic E-state index is -3.78. The molecule has 0 aromatic carbocycles. The first-order valence-electron chi connectivity index (χ1n) is 5.67. The van der Waals surface area contributed by atoms with Gasteiger partial charge in [-0.3, -0.25) is 10.1 Å². The molecule has 0 radical (unpaired) electrons. The Balaban J connectivity index is 2.16. The van der Waals surface area contributed by atoms with Gasteiger partial charge in [0.1, 0.15) is 17.0 Å². The number of rotatable bonds is 6. The van der Waals surface area contributed by atoms with E-state index >= 15 is 0 Å². The Kier molecular flexibility index (Phi) is 4.40. The number of H-pyrrole nitrogens is 1. The number of aromatic amines is 1. The van der Waals surface area contributed by atoms with Crippen LogP contribution in [0.3, 0.4) is 0 Å². The fraction of sp³-hybridized carbons (Fsp3) is 0.0909. The van der Waals surface area contributed by atoms with Crippen LogP contribution in [0.5, 0.6) is 0 Å². The summed E-state index contributed by atoms with van der Waals surface area (Å²) in [6, 6.07) is 1.31.